The van der Waals surface area contributed by atoms with Gasteiger partial charge in [-0.3, -0.25) is 4.68 Å². The summed E-state index contributed by atoms with van der Waals surface area (Å²) in [6.45, 7) is 8.97. The number of benzene rings is 1. The third-order valence-electron chi connectivity index (χ3n) is 7.27. The summed E-state index contributed by atoms with van der Waals surface area (Å²) in [6.07, 6.45) is 10.3. The van der Waals surface area contributed by atoms with E-state index in [1.807, 2.05) is 23.3 Å². The van der Waals surface area contributed by atoms with Gasteiger partial charge >= 0.3 is 0 Å². The Bertz CT molecular complexity index is 1220. The van der Waals surface area contributed by atoms with Gasteiger partial charge in [0.25, 0.3) is 0 Å². The zero-order valence-electron chi connectivity index (χ0n) is 18.8. The summed E-state index contributed by atoms with van der Waals surface area (Å²) in [5.41, 5.74) is 3.91. The van der Waals surface area contributed by atoms with Crippen LogP contribution in [0, 0.1) is 5.41 Å². The quantitative estimate of drug-likeness (QED) is 0.659. The van der Waals surface area contributed by atoms with E-state index in [9.17, 15) is 0 Å². The number of nitrogens with one attached hydrogen (secondary N) is 2. The first-order valence-corrected chi connectivity index (χ1v) is 11.7. The molecule has 2 N–H and O–H groups in total. The van der Waals surface area contributed by atoms with Gasteiger partial charge in [-0.15, -0.1) is 0 Å². The number of anilines is 1. The molecule has 3 aliphatic heterocycles. The molecule has 0 amide bonds. The van der Waals surface area contributed by atoms with Crippen molar-refractivity contribution < 1.29 is 0 Å². The Morgan fingerprint density at radius 3 is 2.56 bits per heavy atom. The molecule has 2 fully saturated rings. The second-order valence-electron chi connectivity index (χ2n) is 9.73. The van der Waals surface area contributed by atoms with E-state index in [1.54, 1.807) is 0 Å². The van der Waals surface area contributed by atoms with E-state index in [4.69, 9.17) is 9.98 Å². The lowest BCUT2D eigenvalue weighted by Crippen LogP contribution is -2.58. The van der Waals surface area contributed by atoms with Crippen molar-refractivity contribution in [1.82, 2.24) is 30.0 Å². The first-order valence-electron chi connectivity index (χ1n) is 11.7. The standard InChI is InChI=1S/C24H30N8/c1-16(2)32-22-18(12-28-32)4-3-17-11-27-23(30-21(17)22)29-20-6-5-19(13-26-20)31-9-7-24(8-10-31)14-25-15-24/h3-4,11-13,16,25H,5-10,14-15H2,1-2H3,(H,26,27,29,30). The number of piperidine rings is 1. The van der Waals surface area contributed by atoms with Gasteiger partial charge in [-0.1, -0.05) is 12.1 Å². The van der Waals surface area contributed by atoms with Crippen molar-refractivity contribution in [3.63, 3.8) is 0 Å². The highest BCUT2D eigenvalue weighted by molar-refractivity contribution is 6.04. The molecule has 8 heteroatoms. The Hall–Kier alpha value is -3.00. The summed E-state index contributed by atoms with van der Waals surface area (Å²) < 4.78 is 2.03. The molecule has 0 aliphatic carbocycles. The van der Waals surface area contributed by atoms with E-state index in [1.165, 1.54) is 31.6 Å². The number of hydrogen-bond donors (Lipinski definition) is 2. The van der Waals surface area contributed by atoms with Crippen LogP contribution in [0.15, 0.2) is 41.4 Å². The van der Waals surface area contributed by atoms with E-state index >= 15 is 0 Å². The topological polar surface area (TPSA) is 83.3 Å². The summed E-state index contributed by atoms with van der Waals surface area (Å²) in [5.74, 6) is 1.52. The summed E-state index contributed by atoms with van der Waals surface area (Å²) >= 11 is 0. The van der Waals surface area contributed by atoms with E-state index < -0.39 is 0 Å². The molecule has 5 heterocycles. The van der Waals surface area contributed by atoms with Gasteiger partial charge in [0.15, 0.2) is 0 Å². The van der Waals surface area contributed by atoms with E-state index in [-0.39, 0.29) is 6.04 Å². The Kier molecular flexibility index (Phi) is 4.64. The second kappa shape index (κ2) is 7.55. The van der Waals surface area contributed by atoms with Crippen molar-refractivity contribution >= 4 is 33.6 Å². The summed E-state index contributed by atoms with van der Waals surface area (Å²) in [7, 11) is 0. The fourth-order valence-corrected chi connectivity index (χ4v) is 5.17. The Balaban J connectivity index is 1.22. The van der Waals surface area contributed by atoms with Crippen LogP contribution in [-0.2, 0) is 0 Å². The van der Waals surface area contributed by atoms with Crippen molar-refractivity contribution in [3.8, 4) is 0 Å². The lowest BCUT2D eigenvalue weighted by atomic mass is 9.73. The SMILES string of the molecule is CC(C)n1ncc2ccc3cnc(NC4=NC=C(N5CCC6(CC5)CNC6)CC4)nc3c21. The number of nitrogens with zero attached hydrogens (tertiary/aromatic N) is 6. The van der Waals surface area contributed by atoms with E-state index in [0.717, 1.165) is 53.6 Å². The van der Waals surface area contributed by atoms with Crippen LogP contribution in [-0.4, -0.2) is 56.7 Å². The van der Waals surface area contributed by atoms with Crippen LogP contribution in [0.2, 0.25) is 0 Å². The molecule has 0 saturated carbocycles. The number of hydrogen-bond acceptors (Lipinski definition) is 7. The van der Waals surface area contributed by atoms with Crippen molar-refractivity contribution in [3.05, 3.63) is 36.4 Å². The van der Waals surface area contributed by atoms with Crippen LogP contribution < -0.4 is 10.6 Å². The number of likely N-dealkylation sites (tertiary alicyclic amines) is 1. The zero-order chi connectivity index (χ0) is 21.7. The minimum absolute atomic E-state index is 0.265. The molecule has 32 heavy (non-hydrogen) atoms. The largest absolute Gasteiger partial charge is 0.374 e. The molecule has 0 bridgehead atoms. The normalized spacial score (nSPS) is 20.5. The van der Waals surface area contributed by atoms with Crippen molar-refractivity contribution in [2.75, 3.05) is 31.5 Å². The molecule has 2 saturated heterocycles. The molecule has 166 valence electrons. The highest BCUT2D eigenvalue weighted by Gasteiger charge is 2.39. The maximum atomic E-state index is 4.85. The molecule has 0 radical (unpaired) electrons. The monoisotopic (exact) mass is 430 g/mol. The van der Waals surface area contributed by atoms with Crippen molar-refractivity contribution in [2.24, 2.45) is 10.4 Å². The van der Waals surface area contributed by atoms with Crippen LogP contribution in [0.25, 0.3) is 21.8 Å². The third-order valence-corrected chi connectivity index (χ3v) is 7.27. The van der Waals surface area contributed by atoms with Gasteiger partial charge in [0.05, 0.1) is 11.7 Å². The van der Waals surface area contributed by atoms with Gasteiger partial charge in [-0.25, -0.2) is 15.0 Å². The lowest BCUT2D eigenvalue weighted by molar-refractivity contribution is 0.0685. The fraction of sp³-hybridized carbons (Fsp3) is 0.500. The van der Waals surface area contributed by atoms with Crippen molar-refractivity contribution in [1.29, 1.82) is 0 Å². The summed E-state index contributed by atoms with van der Waals surface area (Å²) in [6, 6.07) is 4.41. The van der Waals surface area contributed by atoms with Crippen LogP contribution >= 0.6 is 0 Å². The predicted octanol–water partition coefficient (Wildman–Crippen LogP) is 3.69. The van der Waals surface area contributed by atoms with Crippen LogP contribution in [0.4, 0.5) is 5.95 Å². The number of allylic oxidation sites excluding steroid dienone is 1. The molecule has 1 aromatic carbocycles. The molecule has 6 rings (SSSR count). The number of fused-ring (bicyclic) bond motifs is 3. The zero-order valence-corrected chi connectivity index (χ0v) is 18.8. The van der Waals surface area contributed by atoms with Crippen LogP contribution in [0.1, 0.15) is 45.6 Å². The number of rotatable bonds is 3. The Labute approximate surface area is 187 Å². The molecular weight excluding hydrogens is 400 g/mol. The molecule has 2 aromatic heterocycles. The van der Waals surface area contributed by atoms with E-state index in [0.29, 0.717) is 11.4 Å². The number of aromatic nitrogens is 4. The molecule has 0 unspecified atom stereocenters. The first-order chi connectivity index (χ1) is 15.6. The van der Waals surface area contributed by atoms with Crippen molar-refractivity contribution in [2.45, 2.75) is 45.6 Å². The van der Waals surface area contributed by atoms with Crippen LogP contribution in [0.3, 0.4) is 0 Å². The first kappa shape index (κ1) is 19.7. The second-order valence-corrected chi connectivity index (χ2v) is 9.73. The average Bonchev–Trinajstić information content (AvgIpc) is 3.24. The van der Waals surface area contributed by atoms with Gasteiger partial charge in [0.2, 0.25) is 5.95 Å². The lowest BCUT2D eigenvalue weighted by Gasteiger charge is -2.49. The molecule has 8 nitrogen and oxygen atoms in total. The van der Waals surface area contributed by atoms with Gasteiger partial charge in [-0.2, -0.15) is 5.10 Å². The summed E-state index contributed by atoms with van der Waals surface area (Å²) in [5, 5.41) is 13.5. The smallest absolute Gasteiger partial charge is 0.228 e. The van der Waals surface area contributed by atoms with Gasteiger partial charge < -0.3 is 15.5 Å². The van der Waals surface area contributed by atoms with Gasteiger partial charge in [-0.05, 0) is 38.5 Å². The molecular formula is C24H30N8. The highest BCUT2D eigenvalue weighted by atomic mass is 15.3. The molecule has 3 aromatic rings. The minimum Gasteiger partial charge on any atom is -0.374 e. The molecule has 3 aliphatic rings. The Morgan fingerprint density at radius 1 is 1.06 bits per heavy atom. The van der Waals surface area contributed by atoms with Gasteiger partial charge in [0.1, 0.15) is 11.4 Å². The maximum Gasteiger partial charge on any atom is 0.228 e. The highest BCUT2D eigenvalue weighted by Crippen LogP contribution is 2.36. The minimum atomic E-state index is 0.265. The van der Waals surface area contributed by atoms with Crippen LogP contribution in [0.5, 0.6) is 0 Å². The molecule has 0 atom stereocenters. The average molecular weight is 431 g/mol. The predicted molar refractivity (Wildman–Crippen MR) is 128 cm³/mol. The number of aliphatic imine (C=N–C) groups is 1. The molecule has 1 spiro atoms. The maximum absolute atomic E-state index is 4.85. The third kappa shape index (κ3) is 3.33. The Morgan fingerprint density at radius 2 is 1.88 bits per heavy atom. The van der Waals surface area contributed by atoms with Gasteiger partial charge in [0, 0.05) is 67.5 Å². The summed E-state index contributed by atoms with van der Waals surface area (Å²) in [4.78, 5) is 16.6. The van der Waals surface area contributed by atoms with E-state index in [2.05, 4.69) is 51.6 Å². The fourth-order valence-electron chi connectivity index (χ4n) is 5.17. The number of amidine groups is 1.